The van der Waals surface area contributed by atoms with Crippen LogP contribution in [0.2, 0.25) is 0 Å². The van der Waals surface area contributed by atoms with Gasteiger partial charge in [0.05, 0.1) is 11.9 Å². The zero-order valence-electron chi connectivity index (χ0n) is 12.6. The molecule has 0 unspecified atom stereocenters. The number of hydrogen-bond acceptors (Lipinski definition) is 6. The molecule has 0 saturated heterocycles. The zero-order chi connectivity index (χ0) is 18.7. The molecule has 2 aromatic rings. The largest absolute Gasteiger partial charge is 0.534 e. The maximum absolute atomic E-state index is 12.8. The first-order valence-corrected chi connectivity index (χ1v) is 8.02. The SMILES string of the molecule is Cc1ccc(OS(=O)(=O)C(F)(F)F)c(/C=N/Nc2ccc(F)cc2)n1. The fourth-order valence-electron chi connectivity index (χ4n) is 1.58. The minimum atomic E-state index is -5.83. The number of hydrogen-bond donors (Lipinski definition) is 1. The van der Waals surface area contributed by atoms with E-state index in [1.54, 1.807) is 6.92 Å². The van der Waals surface area contributed by atoms with Crippen molar-refractivity contribution in [1.29, 1.82) is 0 Å². The third-order valence-corrected chi connectivity index (χ3v) is 3.70. The molecule has 1 aromatic carbocycles. The van der Waals surface area contributed by atoms with E-state index in [2.05, 4.69) is 19.7 Å². The van der Waals surface area contributed by atoms with Gasteiger partial charge in [0.2, 0.25) is 0 Å². The van der Waals surface area contributed by atoms with E-state index in [4.69, 9.17) is 0 Å². The maximum atomic E-state index is 12.8. The predicted octanol–water partition coefficient (Wildman–Crippen LogP) is 3.20. The summed E-state index contributed by atoms with van der Waals surface area (Å²) >= 11 is 0. The van der Waals surface area contributed by atoms with Crippen molar-refractivity contribution in [2.75, 3.05) is 5.43 Å². The highest BCUT2D eigenvalue weighted by molar-refractivity contribution is 7.88. The van der Waals surface area contributed by atoms with Crippen LogP contribution < -0.4 is 9.61 Å². The van der Waals surface area contributed by atoms with Crippen LogP contribution in [0.3, 0.4) is 0 Å². The molecule has 1 heterocycles. The van der Waals surface area contributed by atoms with Gasteiger partial charge in [-0.3, -0.25) is 5.43 Å². The number of aryl methyl sites for hydroxylation is 1. The Morgan fingerprint density at radius 3 is 2.40 bits per heavy atom. The summed E-state index contributed by atoms with van der Waals surface area (Å²) in [6.45, 7) is 1.55. The number of halogens is 4. The normalized spacial score (nSPS) is 12.4. The Morgan fingerprint density at radius 1 is 1.16 bits per heavy atom. The Labute approximate surface area is 140 Å². The number of aromatic nitrogens is 1. The molecule has 6 nitrogen and oxygen atoms in total. The van der Waals surface area contributed by atoms with Gasteiger partial charge < -0.3 is 4.18 Å². The van der Waals surface area contributed by atoms with Gasteiger partial charge in [-0.1, -0.05) is 0 Å². The van der Waals surface area contributed by atoms with E-state index in [1.807, 2.05) is 0 Å². The van der Waals surface area contributed by atoms with Gasteiger partial charge in [-0.05, 0) is 43.3 Å². The summed E-state index contributed by atoms with van der Waals surface area (Å²) in [5, 5.41) is 3.72. The highest BCUT2D eigenvalue weighted by atomic mass is 32.2. The smallest absolute Gasteiger partial charge is 0.374 e. The lowest BCUT2D eigenvalue weighted by molar-refractivity contribution is -0.0500. The van der Waals surface area contributed by atoms with Gasteiger partial charge in [-0.25, -0.2) is 9.37 Å². The number of nitrogens with one attached hydrogen (secondary N) is 1. The molecule has 0 radical (unpaired) electrons. The summed E-state index contributed by atoms with van der Waals surface area (Å²) in [7, 11) is -5.83. The van der Waals surface area contributed by atoms with Crippen LogP contribution in [0.4, 0.5) is 23.2 Å². The molecule has 11 heteroatoms. The predicted molar refractivity (Wildman–Crippen MR) is 82.2 cm³/mol. The molecule has 0 aliphatic carbocycles. The molecule has 1 N–H and O–H groups in total. The van der Waals surface area contributed by atoms with Crippen molar-refractivity contribution in [2.24, 2.45) is 5.10 Å². The van der Waals surface area contributed by atoms with Gasteiger partial charge in [0.15, 0.2) is 5.75 Å². The first-order chi connectivity index (χ1) is 11.6. The summed E-state index contributed by atoms with van der Waals surface area (Å²) in [5.41, 5.74) is -2.51. The second kappa shape index (κ2) is 7.05. The van der Waals surface area contributed by atoms with Crippen LogP contribution >= 0.6 is 0 Å². The number of rotatable bonds is 5. The van der Waals surface area contributed by atoms with Crippen molar-refractivity contribution < 1.29 is 30.2 Å². The van der Waals surface area contributed by atoms with Crippen molar-refractivity contribution in [1.82, 2.24) is 4.98 Å². The Hall–Kier alpha value is -2.69. The van der Waals surface area contributed by atoms with Crippen molar-refractivity contribution in [2.45, 2.75) is 12.4 Å². The van der Waals surface area contributed by atoms with Gasteiger partial charge in [0.25, 0.3) is 0 Å². The Kier molecular flexibility index (Phi) is 5.26. The Balaban J connectivity index is 2.24. The van der Waals surface area contributed by atoms with Crippen LogP contribution in [-0.2, 0) is 10.1 Å². The minimum absolute atomic E-state index is 0.234. The van der Waals surface area contributed by atoms with E-state index in [-0.39, 0.29) is 5.69 Å². The van der Waals surface area contributed by atoms with Gasteiger partial charge in [0.1, 0.15) is 11.5 Å². The van der Waals surface area contributed by atoms with Crippen LogP contribution in [0.1, 0.15) is 11.4 Å². The van der Waals surface area contributed by atoms with E-state index in [0.717, 1.165) is 12.3 Å². The lowest BCUT2D eigenvalue weighted by Gasteiger charge is -2.11. The minimum Gasteiger partial charge on any atom is -0.374 e. The molecule has 0 aliphatic heterocycles. The second-order valence-electron chi connectivity index (χ2n) is 4.70. The molecule has 0 amide bonds. The number of benzene rings is 1. The van der Waals surface area contributed by atoms with Crippen LogP contribution in [0, 0.1) is 12.7 Å². The molecular weight excluding hydrogens is 366 g/mol. The van der Waals surface area contributed by atoms with Crippen LogP contribution in [0.15, 0.2) is 41.5 Å². The first-order valence-electron chi connectivity index (χ1n) is 6.61. The number of hydrazone groups is 1. The Bertz CT molecular complexity index is 881. The van der Waals surface area contributed by atoms with Crippen molar-refractivity contribution >= 4 is 22.0 Å². The van der Waals surface area contributed by atoms with E-state index >= 15 is 0 Å². The zero-order valence-corrected chi connectivity index (χ0v) is 13.4. The molecule has 0 bridgehead atoms. The second-order valence-corrected chi connectivity index (χ2v) is 6.23. The lowest BCUT2D eigenvalue weighted by atomic mass is 10.3. The quantitative estimate of drug-likeness (QED) is 0.285. The van der Waals surface area contributed by atoms with Crippen LogP contribution in [0.5, 0.6) is 5.75 Å². The van der Waals surface area contributed by atoms with Crippen LogP contribution in [-0.4, -0.2) is 25.1 Å². The topological polar surface area (TPSA) is 80.7 Å². The number of alkyl halides is 3. The molecule has 134 valence electrons. The fourth-order valence-corrected chi connectivity index (χ4v) is 2.06. The summed E-state index contributed by atoms with van der Waals surface area (Å²) in [5.74, 6) is -1.09. The highest BCUT2D eigenvalue weighted by Gasteiger charge is 2.48. The average Bonchev–Trinajstić information content (AvgIpc) is 2.50. The maximum Gasteiger partial charge on any atom is 0.534 e. The summed E-state index contributed by atoms with van der Waals surface area (Å²) in [6, 6.07) is 7.42. The van der Waals surface area contributed by atoms with E-state index in [0.29, 0.717) is 11.4 Å². The third-order valence-electron chi connectivity index (χ3n) is 2.73. The monoisotopic (exact) mass is 377 g/mol. The van der Waals surface area contributed by atoms with E-state index in [1.165, 1.54) is 30.3 Å². The van der Waals surface area contributed by atoms with Crippen molar-refractivity contribution in [3.05, 3.63) is 53.6 Å². The van der Waals surface area contributed by atoms with Crippen molar-refractivity contribution in [3.8, 4) is 5.75 Å². The highest BCUT2D eigenvalue weighted by Crippen LogP contribution is 2.28. The first kappa shape index (κ1) is 18.6. The summed E-state index contributed by atoms with van der Waals surface area (Å²) < 4.78 is 76.4. The molecule has 0 atom stereocenters. The Morgan fingerprint density at radius 2 is 1.80 bits per heavy atom. The summed E-state index contributed by atoms with van der Waals surface area (Å²) in [4.78, 5) is 3.88. The molecule has 2 rings (SSSR count). The molecule has 25 heavy (non-hydrogen) atoms. The van der Waals surface area contributed by atoms with Crippen LogP contribution in [0.25, 0.3) is 0 Å². The molecule has 0 fully saturated rings. The third kappa shape index (κ3) is 4.89. The number of anilines is 1. The fraction of sp³-hybridized carbons (Fsp3) is 0.143. The molecular formula is C14H11F4N3O3S. The standard InChI is InChI=1S/C14H11F4N3O3S/c1-9-2-7-13(24-25(22,23)14(16,17)18)12(20-9)8-19-21-11-5-3-10(15)4-6-11/h2-8,21H,1H3/b19-8+. The van der Waals surface area contributed by atoms with E-state index < -0.39 is 27.2 Å². The van der Waals surface area contributed by atoms with Crippen molar-refractivity contribution in [3.63, 3.8) is 0 Å². The molecule has 0 aliphatic rings. The number of nitrogens with zero attached hydrogens (tertiary/aromatic N) is 2. The lowest BCUT2D eigenvalue weighted by Crippen LogP contribution is -2.28. The van der Waals surface area contributed by atoms with Gasteiger partial charge >= 0.3 is 15.6 Å². The molecule has 0 spiro atoms. The van der Waals surface area contributed by atoms with Gasteiger partial charge in [-0.15, -0.1) is 0 Å². The summed E-state index contributed by atoms with van der Waals surface area (Å²) in [6.07, 6.45) is 0.984. The molecule has 0 saturated carbocycles. The van der Waals surface area contributed by atoms with Gasteiger partial charge in [-0.2, -0.15) is 26.7 Å². The number of pyridine rings is 1. The molecule has 1 aromatic heterocycles. The van der Waals surface area contributed by atoms with E-state index in [9.17, 15) is 26.0 Å². The van der Waals surface area contributed by atoms with Gasteiger partial charge in [0, 0.05) is 5.69 Å². The average molecular weight is 377 g/mol.